The minimum absolute atomic E-state index is 0.334. The largest absolute Gasteiger partial charge is 0.390 e. The van der Waals surface area contributed by atoms with Crippen LogP contribution in [0.4, 0.5) is 0 Å². The van der Waals surface area contributed by atoms with Gasteiger partial charge in [0.2, 0.25) is 5.78 Å². The van der Waals surface area contributed by atoms with Crippen LogP contribution in [0.15, 0.2) is 12.3 Å². The molecule has 0 saturated carbocycles. The van der Waals surface area contributed by atoms with E-state index in [1.54, 1.807) is 0 Å². The lowest BCUT2D eigenvalue weighted by Gasteiger charge is -2.31. The number of aryl methyl sites for hydroxylation is 2. The molecule has 0 spiro atoms. The zero-order chi connectivity index (χ0) is 17.1. The summed E-state index contributed by atoms with van der Waals surface area (Å²) in [5, 5.41) is 13.6. The number of likely N-dealkylation sites (tertiary alicyclic amines) is 1. The van der Waals surface area contributed by atoms with Gasteiger partial charge < -0.3 is 15.3 Å². The minimum Gasteiger partial charge on any atom is -0.390 e. The van der Waals surface area contributed by atoms with Crippen LogP contribution >= 0.6 is 0 Å². The molecule has 1 aliphatic heterocycles. The second-order valence-corrected chi connectivity index (χ2v) is 7.19. The normalized spacial score (nSPS) is 18.3. The van der Waals surface area contributed by atoms with Crippen molar-refractivity contribution in [3.8, 4) is 0 Å². The number of aliphatic hydroxyl groups excluding tert-OH is 1. The van der Waals surface area contributed by atoms with E-state index >= 15 is 0 Å². The molecular formula is C18H29N5O. The molecule has 0 aliphatic carbocycles. The smallest absolute Gasteiger partial charge is 0.234 e. The van der Waals surface area contributed by atoms with E-state index in [1.165, 1.54) is 12.8 Å². The standard InChI is InChI=1S/C18H29N5O/c1-13-4-6-22(7-5-13)12-17(24)11-19-9-16-10-20-18-21-14(2)8-15(3)23(16)18/h8,10,13,17,19,24H,4-7,9,11-12H2,1-3H3. The highest BCUT2D eigenvalue weighted by Gasteiger charge is 2.18. The molecule has 1 fully saturated rings. The Labute approximate surface area is 143 Å². The fraction of sp³-hybridized carbons (Fsp3) is 0.667. The lowest BCUT2D eigenvalue weighted by molar-refractivity contribution is 0.0906. The molecule has 132 valence electrons. The van der Waals surface area contributed by atoms with Crippen LogP contribution in [-0.4, -0.2) is 56.7 Å². The molecule has 2 N–H and O–H groups in total. The second kappa shape index (κ2) is 7.59. The van der Waals surface area contributed by atoms with E-state index in [0.29, 0.717) is 13.1 Å². The first-order valence-corrected chi connectivity index (χ1v) is 8.94. The second-order valence-electron chi connectivity index (χ2n) is 7.19. The third-order valence-corrected chi connectivity index (χ3v) is 4.89. The summed E-state index contributed by atoms with van der Waals surface area (Å²) in [4.78, 5) is 11.2. The molecule has 3 rings (SSSR count). The first-order valence-electron chi connectivity index (χ1n) is 8.94. The van der Waals surface area contributed by atoms with Crippen molar-refractivity contribution in [3.63, 3.8) is 0 Å². The summed E-state index contributed by atoms with van der Waals surface area (Å²) in [5.74, 6) is 1.57. The Morgan fingerprint density at radius 2 is 2.08 bits per heavy atom. The van der Waals surface area contributed by atoms with Gasteiger partial charge in [0.05, 0.1) is 18.0 Å². The Hall–Kier alpha value is -1.50. The van der Waals surface area contributed by atoms with Gasteiger partial charge in [-0.1, -0.05) is 6.92 Å². The van der Waals surface area contributed by atoms with Gasteiger partial charge >= 0.3 is 0 Å². The van der Waals surface area contributed by atoms with Gasteiger partial charge in [0.1, 0.15) is 0 Å². The monoisotopic (exact) mass is 331 g/mol. The SMILES string of the molecule is Cc1cc(C)n2c(CNCC(O)CN3CCC(C)CC3)cnc2n1. The third kappa shape index (κ3) is 4.12. The fourth-order valence-corrected chi connectivity index (χ4v) is 3.49. The van der Waals surface area contributed by atoms with Crippen molar-refractivity contribution in [2.45, 2.75) is 46.3 Å². The Morgan fingerprint density at radius 3 is 2.83 bits per heavy atom. The van der Waals surface area contributed by atoms with Gasteiger partial charge in [-0.05, 0) is 51.8 Å². The van der Waals surface area contributed by atoms with Crippen molar-refractivity contribution < 1.29 is 5.11 Å². The molecule has 1 saturated heterocycles. The van der Waals surface area contributed by atoms with E-state index < -0.39 is 0 Å². The van der Waals surface area contributed by atoms with E-state index in [2.05, 4.69) is 44.5 Å². The van der Waals surface area contributed by atoms with Crippen LogP contribution in [0.3, 0.4) is 0 Å². The van der Waals surface area contributed by atoms with Crippen LogP contribution in [0.25, 0.3) is 5.78 Å². The number of rotatable bonds is 6. The topological polar surface area (TPSA) is 65.7 Å². The number of hydrogen-bond acceptors (Lipinski definition) is 5. The van der Waals surface area contributed by atoms with E-state index in [1.807, 2.05) is 13.1 Å². The zero-order valence-corrected chi connectivity index (χ0v) is 15.0. The predicted molar refractivity (Wildman–Crippen MR) is 95.0 cm³/mol. The molecule has 2 aromatic heterocycles. The number of hydrogen-bond donors (Lipinski definition) is 2. The molecule has 0 aromatic carbocycles. The molecule has 1 unspecified atom stereocenters. The van der Waals surface area contributed by atoms with Crippen LogP contribution in [0.5, 0.6) is 0 Å². The maximum atomic E-state index is 10.3. The molecule has 6 nitrogen and oxygen atoms in total. The number of imidazole rings is 1. The summed E-state index contributed by atoms with van der Waals surface area (Å²) in [6.45, 7) is 10.6. The summed E-state index contributed by atoms with van der Waals surface area (Å²) in [7, 11) is 0. The van der Waals surface area contributed by atoms with Crippen molar-refractivity contribution in [2.75, 3.05) is 26.2 Å². The van der Waals surface area contributed by atoms with Gasteiger partial charge in [0, 0.05) is 31.0 Å². The van der Waals surface area contributed by atoms with E-state index in [4.69, 9.17) is 0 Å². The quantitative estimate of drug-likeness (QED) is 0.840. The van der Waals surface area contributed by atoms with Crippen LogP contribution in [0, 0.1) is 19.8 Å². The fourth-order valence-electron chi connectivity index (χ4n) is 3.49. The summed E-state index contributed by atoms with van der Waals surface area (Å²) in [6, 6.07) is 2.06. The Balaban J connectivity index is 1.49. The molecular weight excluding hydrogens is 302 g/mol. The van der Waals surface area contributed by atoms with Crippen LogP contribution < -0.4 is 5.32 Å². The van der Waals surface area contributed by atoms with Gasteiger partial charge in [-0.2, -0.15) is 0 Å². The van der Waals surface area contributed by atoms with Crippen LogP contribution in [0.2, 0.25) is 0 Å². The van der Waals surface area contributed by atoms with Crippen LogP contribution in [0.1, 0.15) is 36.8 Å². The average Bonchev–Trinajstić information content (AvgIpc) is 2.93. The first kappa shape index (κ1) is 17.3. The average molecular weight is 331 g/mol. The number of nitrogens with one attached hydrogen (secondary N) is 1. The van der Waals surface area contributed by atoms with Crippen LogP contribution in [-0.2, 0) is 6.54 Å². The Morgan fingerprint density at radius 1 is 1.33 bits per heavy atom. The van der Waals surface area contributed by atoms with E-state index in [-0.39, 0.29) is 6.10 Å². The van der Waals surface area contributed by atoms with Crippen molar-refractivity contribution in [2.24, 2.45) is 5.92 Å². The highest BCUT2D eigenvalue weighted by atomic mass is 16.3. The molecule has 24 heavy (non-hydrogen) atoms. The Kier molecular flexibility index (Phi) is 5.48. The third-order valence-electron chi connectivity index (χ3n) is 4.89. The number of piperidine rings is 1. The van der Waals surface area contributed by atoms with Crippen molar-refractivity contribution in [1.82, 2.24) is 24.6 Å². The molecule has 3 heterocycles. The molecule has 0 radical (unpaired) electrons. The van der Waals surface area contributed by atoms with Gasteiger partial charge in [-0.25, -0.2) is 9.97 Å². The summed E-state index contributed by atoms with van der Waals surface area (Å²) in [5.41, 5.74) is 3.19. The lowest BCUT2D eigenvalue weighted by atomic mass is 9.99. The summed E-state index contributed by atoms with van der Waals surface area (Å²) < 4.78 is 2.07. The molecule has 1 aliphatic rings. The van der Waals surface area contributed by atoms with Gasteiger partial charge in [-0.15, -0.1) is 0 Å². The first-order chi connectivity index (χ1) is 11.5. The molecule has 6 heteroatoms. The summed E-state index contributed by atoms with van der Waals surface area (Å²) in [6.07, 6.45) is 4.01. The number of β-amino-alcohol motifs (C(OH)–C–C–N with tert-alkyl or cyclic N) is 1. The molecule has 0 bridgehead atoms. The number of aliphatic hydroxyl groups is 1. The maximum absolute atomic E-state index is 10.3. The number of aromatic nitrogens is 3. The summed E-state index contributed by atoms with van der Waals surface area (Å²) >= 11 is 0. The van der Waals surface area contributed by atoms with Crippen molar-refractivity contribution >= 4 is 5.78 Å². The molecule has 2 aromatic rings. The zero-order valence-electron chi connectivity index (χ0n) is 15.0. The maximum Gasteiger partial charge on any atom is 0.234 e. The van der Waals surface area contributed by atoms with Gasteiger partial charge in [0.15, 0.2) is 0 Å². The molecule has 0 amide bonds. The minimum atomic E-state index is -0.334. The van der Waals surface area contributed by atoms with Crippen molar-refractivity contribution in [3.05, 3.63) is 29.3 Å². The van der Waals surface area contributed by atoms with E-state index in [9.17, 15) is 5.11 Å². The lowest BCUT2D eigenvalue weighted by Crippen LogP contribution is -2.41. The van der Waals surface area contributed by atoms with Gasteiger partial charge in [-0.3, -0.25) is 4.40 Å². The highest BCUT2D eigenvalue weighted by molar-refractivity contribution is 5.35. The number of nitrogens with zero attached hydrogens (tertiary/aromatic N) is 4. The van der Waals surface area contributed by atoms with Crippen molar-refractivity contribution in [1.29, 1.82) is 0 Å². The predicted octanol–water partition coefficient (Wildman–Crippen LogP) is 1.53. The van der Waals surface area contributed by atoms with Gasteiger partial charge in [0.25, 0.3) is 0 Å². The highest BCUT2D eigenvalue weighted by Crippen LogP contribution is 2.16. The number of fused-ring (bicyclic) bond motifs is 1. The van der Waals surface area contributed by atoms with E-state index in [0.717, 1.165) is 48.4 Å². The Bertz CT molecular complexity index is 675. The molecule has 1 atom stereocenters.